The van der Waals surface area contributed by atoms with E-state index < -0.39 is 11.1 Å². The summed E-state index contributed by atoms with van der Waals surface area (Å²) in [6, 6.07) is 13.7. The van der Waals surface area contributed by atoms with E-state index in [1.807, 2.05) is 30.3 Å². The predicted octanol–water partition coefficient (Wildman–Crippen LogP) is 3.31. The molecular weight excluding hydrogens is 447 g/mol. The van der Waals surface area contributed by atoms with Crippen LogP contribution in [0.4, 0.5) is 0 Å². The highest BCUT2D eigenvalue weighted by molar-refractivity contribution is 14.1. The summed E-state index contributed by atoms with van der Waals surface area (Å²) in [6.07, 6.45) is 0. The van der Waals surface area contributed by atoms with Gasteiger partial charge in [0.2, 0.25) is 0 Å². The van der Waals surface area contributed by atoms with Gasteiger partial charge in [-0.2, -0.15) is 0 Å². The van der Waals surface area contributed by atoms with Crippen molar-refractivity contribution in [2.24, 2.45) is 0 Å². The molecule has 4 nitrogen and oxygen atoms in total. The van der Waals surface area contributed by atoms with E-state index >= 15 is 0 Å². The summed E-state index contributed by atoms with van der Waals surface area (Å²) in [7, 11) is 0. The molecular formula is C15H10BrIN2O2. The van der Waals surface area contributed by atoms with Crippen LogP contribution in [0.25, 0.3) is 11.0 Å². The van der Waals surface area contributed by atoms with Crippen LogP contribution < -0.4 is 11.1 Å². The second-order valence-corrected chi connectivity index (χ2v) is 6.68. The molecule has 1 unspecified atom stereocenters. The van der Waals surface area contributed by atoms with Crippen LogP contribution in [0.15, 0.2) is 52.1 Å². The Morgan fingerprint density at radius 1 is 0.952 bits per heavy atom. The van der Waals surface area contributed by atoms with Crippen LogP contribution in [-0.2, 0) is 0 Å². The fourth-order valence-electron chi connectivity index (χ4n) is 2.15. The molecule has 21 heavy (non-hydrogen) atoms. The van der Waals surface area contributed by atoms with Crippen LogP contribution in [0.3, 0.4) is 0 Å². The van der Waals surface area contributed by atoms with Crippen molar-refractivity contribution in [1.82, 2.24) is 9.97 Å². The molecule has 1 atom stereocenters. The summed E-state index contributed by atoms with van der Waals surface area (Å²) >= 11 is 5.99. The first-order valence-electron chi connectivity index (χ1n) is 6.21. The zero-order chi connectivity index (χ0) is 15.0. The van der Waals surface area contributed by atoms with Crippen LogP contribution in [0.1, 0.15) is 16.0 Å². The molecule has 0 saturated heterocycles. The third kappa shape index (κ3) is 2.82. The van der Waals surface area contributed by atoms with Crippen LogP contribution in [0.5, 0.6) is 0 Å². The van der Waals surface area contributed by atoms with Gasteiger partial charge in [-0.05, 0) is 51.9 Å². The van der Waals surface area contributed by atoms with Gasteiger partial charge in [0.25, 0.3) is 0 Å². The van der Waals surface area contributed by atoms with E-state index in [2.05, 4.69) is 54.6 Å². The number of aromatic nitrogens is 2. The number of nitrogens with one attached hydrogen (secondary N) is 2. The smallest absolute Gasteiger partial charge is 0.314 e. The maximum atomic E-state index is 11.4. The molecule has 0 aliphatic carbocycles. The number of hydrogen-bond acceptors (Lipinski definition) is 2. The zero-order valence-corrected chi connectivity index (χ0v) is 14.4. The largest absolute Gasteiger partial charge is 0.316 e. The molecule has 0 spiro atoms. The minimum atomic E-state index is -0.639. The van der Waals surface area contributed by atoms with E-state index in [9.17, 15) is 9.59 Å². The Kier molecular flexibility index (Phi) is 3.99. The lowest BCUT2D eigenvalue weighted by molar-refractivity contribution is 1.12. The Balaban J connectivity index is 2.13. The number of fused-ring (bicyclic) bond motifs is 1. The van der Waals surface area contributed by atoms with Gasteiger partial charge in [0, 0.05) is 3.57 Å². The van der Waals surface area contributed by atoms with Crippen LogP contribution in [0.2, 0.25) is 0 Å². The van der Waals surface area contributed by atoms with E-state index in [-0.39, 0.29) is 4.83 Å². The number of H-pyrrole nitrogens is 2. The average Bonchev–Trinajstić information content (AvgIpc) is 2.48. The number of alkyl halides is 1. The van der Waals surface area contributed by atoms with Crippen molar-refractivity contribution in [2.75, 3.05) is 0 Å². The molecule has 0 bridgehead atoms. The van der Waals surface area contributed by atoms with Crippen LogP contribution in [0, 0.1) is 3.57 Å². The number of hydrogen-bond donors (Lipinski definition) is 2. The van der Waals surface area contributed by atoms with Gasteiger partial charge in [-0.25, -0.2) is 0 Å². The second-order valence-electron chi connectivity index (χ2n) is 4.60. The molecule has 106 valence electrons. The van der Waals surface area contributed by atoms with Crippen LogP contribution in [-0.4, -0.2) is 9.97 Å². The van der Waals surface area contributed by atoms with Crippen molar-refractivity contribution in [3.63, 3.8) is 0 Å². The van der Waals surface area contributed by atoms with Gasteiger partial charge in [-0.3, -0.25) is 9.59 Å². The summed E-state index contributed by atoms with van der Waals surface area (Å²) in [4.78, 5) is 27.9. The molecule has 0 aliphatic heterocycles. The molecule has 2 N–H and O–H groups in total. The van der Waals surface area contributed by atoms with E-state index in [0.29, 0.717) is 11.0 Å². The molecule has 0 aliphatic rings. The highest BCUT2D eigenvalue weighted by atomic mass is 127. The standard InChI is InChI=1S/C15H10BrIN2O2/c16-13(9-3-1-2-4-10(9)17)8-5-6-11-12(7-8)19-15(21)14(20)18-11/h1-7,13H,(H,18,20)(H,19,21). The third-order valence-electron chi connectivity index (χ3n) is 3.22. The molecule has 1 heterocycles. The summed E-state index contributed by atoms with van der Waals surface area (Å²) in [6.45, 7) is 0. The van der Waals surface area contributed by atoms with E-state index in [0.717, 1.165) is 14.7 Å². The van der Waals surface area contributed by atoms with Crippen molar-refractivity contribution < 1.29 is 0 Å². The molecule has 6 heteroatoms. The minimum absolute atomic E-state index is 0.0189. The molecule has 0 amide bonds. The third-order valence-corrected chi connectivity index (χ3v) is 5.22. The first-order valence-corrected chi connectivity index (χ1v) is 8.20. The van der Waals surface area contributed by atoms with Gasteiger partial charge in [0.05, 0.1) is 15.9 Å². The van der Waals surface area contributed by atoms with Crippen LogP contribution >= 0.6 is 38.5 Å². The number of benzene rings is 2. The van der Waals surface area contributed by atoms with Crippen molar-refractivity contribution >= 4 is 49.6 Å². The molecule has 0 fully saturated rings. The van der Waals surface area contributed by atoms with Gasteiger partial charge >= 0.3 is 11.1 Å². The Labute approximate surface area is 141 Å². The minimum Gasteiger partial charge on any atom is -0.316 e. The van der Waals surface area contributed by atoms with Gasteiger partial charge in [0.15, 0.2) is 0 Å². The summed E-state index contributed by atoms with van der Waals surface area (Å²) in [5, 5.41) is 0. The van der Waals surface area contributed by atoms with Gasteiger partial charge < -0.3 is 9.97 Å². The number of aromatic amines is 2. The van der Waals surface area contributed by atoms with Gasteiger partial charge in [-0.15, -0.1) is 0 Å². The number of rotatable bonds is 2. The highest BCUT2D eigenvalue weighted by Gasteiger charge is 2.14. The Morgan fingerprint density at radius 2 is 1.62 bits per heavy atom. The number of halogens is 2. The second kappa shape index (κ2) is 5.76. The normalized spacial score (nSPS) is 12.5. The summed E-state index contributed by atoms with van der Waals surface area (Å²) < 4.78 is 1.16. The van der Waals surface area contributed by atoms with Crippen molar-refractivity contribution in [2.45, 2.75) is 4.83 Å². The van der Waals surface area contributed by atoms with E-state index in [1.165, 1.54) is 0 Å². The molecule has 3 aromatic rings. The lowest BCUT2D eigenvalue weighted by Gasteiger charge is -2.13. The SMILES string of the molecule is O=c1[nH]c2ccc(C(Br)c3ccccc3I)cc2[nH]c1=O. The van der Waals surface area contributed by atoms with Crippen molar-refractivity contribution in [3.8, 4) is 0 Å². The Bertz CT molecular complexity index is 933. The fourth-order valence-corrected chi connectivity index (χ4v) is 3.96. The summed E-state index contributed by atoms with van der Waals surface area (Å²) in [5.74, 6) is 0. The van der Waals surface area contributed by atoms with E-state index in [1.54, 1.807) is 6.07 Å². The first kappa shape index (κ1) is 14.5. The molecule has 3 rings (SSSR count). The highest BCUT2D eigenvalue weighted by Crippen LogP contribution is 2.34. The van der Waals surface area contributed by atoms with Crippen molar-refractivity contribution in [3.05, 3.63) is 77.9 Å². The van der Waals surface area contributed by atoms with Gasteiger partial charge in [-0.1, -0.05) is 40.2 Å². The summed E-state index contributed by atoms with van der Waals surface area (Å²) in [5.41, 5.74) is 2.13. The maximum Gasteiger partial charge on any atom is 0.314 e. The molecule has 0 saturated carbocycles. The first-order chi connectivity index (χ1) is 10.1. The predicted molar refractivity (Wildman–Crippen MR) is 95.1 cm³/mol. The lowest BCUT2D eigenvalue weighted by atomic mass is 10.0. The zero-order valence-electron chi connectivity index (χ0n) is 10.7. The Hall–Kier alpha value is -1.41. The molecule has 2 aromatic carbocycles. The Morgan fingerprint density at radius 3 is 2.33 bits per heavy atom. The quantitative estimate of drug-likeness (QED) is 0.353. The van der Waals surface area contributed by atoms with E-state index in [4.69, 9.17) is 0 Å². The fraction of sp³-hybridized carbons (Fsp3) is 0.0667. The monoisotopic (exact) mass is 456 g/mol. The average molecular weight is 457 g/mol. The van der Waals surface area contributed by atoms with Gasteiger partial charge in [0.1, 0.15) is 0 Å². The maximum absolute atomic E-state index is 11.4. The molecule has 1 aromatic heterocycles. The topological polar surface area (TPSA) is 65.7 Å². The lowest BCUT2D eigenvalue weighted by Crippen LogP contribution is -2.28. The molecule has 0 radical (unpaired) electrons. The van der Waals surface area contributed by atoms with Crippen molar-refractivity contribution in [1.29, 1.82) is 0 Å².